The number of carbonyl (C=O) groups excluding carboxylic acids is 1. The van der Waals surface area contributed by atoms with Gasteiger partial charge in [-0.05, 0) is 36.6 Å². The zero-order valence-corrected chi connectivity index (χ0v) is 14.8. The highest BCUT2D eigenvalue weighted by Crippen LogP contribution is 2.32. The van der Waals surface area contributed by atoms with Crippen molar-refractivity contribution in [3.8, 4) is 11.4 Å². The summed E-state index contributed by atoms with van der Waals surface area (Å²) < 4.78 is 5.78. The molecule has 1 aliphatic rings. The lowest BCUT2D eigenvalue weighted by atomic mass is 9.81. The SMILES string of the molecule is O=C(CCC1(O)CCCCC1)c1cc(=O)c2cccc(-c3nn[nH]n3)c2o1. The van der Waals surface area contributed by atoms with Crippen molar-refractivity contribution in [3.63, 3.8) is 0 Å². The van der Waals surface area contributed by atoms with Gasteiger partial charge in [0.15, 0.2) is 17.0 Å². The van der Waals surface area contributed by atoms with Gasteiger partial charge in [-0.15, -0.1) is 10.2 Å². The molecule has 0 radical (unpaired) electrons. The van der Waals surface area contributed by atoms with Crippen LogP contribution in [0.1, 0.15) is 55.5 Å². The van der Waals surface area contributed by atoms with E-state index in [1.807, 2.05) is 0 Å². The summed E-state index contributed by atoms with van der Waals surface area (Å²) in [6.45, 7) is 0. The summed E-state index contributed by atoms with van der Waals surface area (Å²) in [5, 5.41) is 24.7. The molecule has 1 fully saturated rings. The fourth-order valence-corrected chi connectivity index (χ4v) is 3.70. The van der Waals surface area contributed by atoms with Gasteiger partial charge in [-0.2, -0.15) is 5.21 Å². The number of hydrogen-bond acceptors (Lipinski definition) is 7. The standard InChI is InChI=1S/C19H20N4O4/c24-14(7-10-19(26)8-2-1-3-9-19)16-11-15(25)12-5-4-6-13(17(12)27-16)18-20-22-23-21-18/h4-6,11,26H,1-3,7-10H2,(H,20,21,22,23). The Labute approximate surface area is 154 Å². The first-order valence-electron chi connectivity index (χ1n) is 9.12. The summed E-state index contributed by atoms with van der Waals surface area (Å²) in [6, 6.07) is 6.25. The van der Waals surface area contributed by atoms with E-state index >= 15 is 0 Å². The number of nitrogens with zero attached hydrogens (tertiary/aromatic N) is 3. The van der Waals surface area contributed by atoms with Gasteiger partial charge in [-0.25, -0.2) is 0 Å². The van der Waals surface area contributed by atoms with Crippen LogP contribution in [0.5, 0.6) is 0 Å². The van der Waals surface area contributed by atoms with Crippen LogP contribution in [0.3, 0.4) is 0 Å². The van der Waals surface area contributed by atoms with Gasteiger partial charge < -0.3 is 9.52 Å². The minimum Gasteiger partial charge on any atom is -0.452 e. The normalized spacial score (nSPS) is 16.5. The van der Waals surface area contributed by atoms with Crippen LogP contribution < -0.4 is 5.43 Å². The van der Waals surface area contributed by atoms with Crippen LogP contribution in [0, 0.1) is 0 Å². The number of hydrogen-bond donors (Lipinski definition) is 2. The molecule has 0 unspecified atom stereocenters. The molecule has 1 saturated carbocycles. The highest BCUT2D eigenvalue weighted by molar-refractivity contribution is 5.97. The van der Waals surface area contributed by atoms with Crippen LogP contribution in [0.15, 0.2) is 33.5 Å². The first-order chi connectivity index (χ1) is 13.1. The number of aromatic amines is 1. The Bertz CT molecular complexity index is 1020. The van der Waals surface area contributed by atoms with E-state index in [-0.39, 0.29) is 34.8 Å². The minimum absolute atomic E-state index is 0.0112. The molecule has 2 heterocycles. The fraction of sp³-hybridized carbons (Fsp3) is 0.421. The maximum Gasteiger partial charge on any atom is 0.208 e. The predicted molar refractivity (Wildman–Crippen MR) is 97.3 cm³/mol. The highest BCUT2D eigenvalue weighted by Gasteiger charge is 2.30. The number of Topliss-reactive ketones (excluding diaryl/α,β-unsaturated/α-hetero) is 1. The van der Waals surface area contributed by atoms with Crippen LogP contribution in [-0.4, -0.2) is 37.1 Å². The van der Waals surface area contributed by atoms with Crippen LogP contribution in [-0.2, 0) is 0 Å². The molecule has 1 aromatic carbocycles. The maximum absolute atomic E-state index is 12.6. The van der Waals surface area contributed by atoms with Gasteiger partial charge in [0.2, 0.25) is 5.82 Å². The molecular weight excluding hydrogens is 348 g/mol. The van der Waals surface area contributed by atoms with Crippen molar-refractivity contribution in [1.29, 1.82) is 0 Å². The van der Waals surface area contributed by atoms with Gasteiger partial charge >= 0.3 is 0 Å². The molecule has 8 nitrogen and oxygen atoms in total. The second-order valence-electron chi connectivity index (χ2n) is 7.10. The molecule has 2 aromatic heterocycles. The summed E-state index contributed by atoms with van der Waals surface area (Å²) in [7, 11) is 0. The van der Waals surface area contributed by atoms with Crippen molar-refractivity contribution in [2.24, 2.45) is 0 Å². The third kappa shape index (κ3) is 3.52. The van der Waals surface area contributed by atoms with Crippen LogP contribution in [0.2, 0.25) is 0 Å². The number of nitrogens with one attached hydrogen (secondary N) is 1. The average Bonchev–Trinajstić information content (AvgIpc) is 3.21. The smallest absolute Gasteiger partial charge is 0.208 e. The topological polar surface area (TPSA) is 122 Å². The Kier molecular flexibility index (Phi) is 4.57. The number of ketones is 1. The van der Waals surface area contributed by atoms with Crippen molar-refractivity contribution in [2.75, 3.05) is 0 Å². The van der Waals surface area contributed by atoms with Gasteiger partial charge in [0.05, 0.1) is 16.6 Å². The van der Waals surface area contributed by atoms with Gasteiger partial charge in [0.1, 0.15) is 5.58 Å². The summed E-state index contributed by atoms with van der Waals surface area (Å²) in [6.07, 6.45) is 5.01. The summed E-state index contributed by atoms with van der Waals surface area (Å²) in [4.78, 5) is 25.1. The lowest BCUT2D eigenvalue weighted by Crippen LogP contribution is -2.31. The fourth-order valence-electron chi connectivity index (χ4n) is 3.70. The Balaban J connectivity index is 1.65. The molecule has 0 aliphatic heterocycles. The van der Waals surface area contributed by atoms with Crippen molar-refractivity contribution in [3.05, 3.63) is 40.2 Å². The number of aliphatic hydroxyl groups is 1. The Morgan fingerprint density at radius 1 is 1.26 bits per heavy atom. The molecule has 0 spiro atoms. The number of benzene rings is 1. The first kappa shape index (κ1) is 17.5. The predicted octanol–water partition coefficient (Wildman–Crippen LogP) is 2.63. The Morgan fingerprint density at radius 2 is 2.07 bits per heavy atom. The van der Waals surface area contributed by atoms with Crippen molar-refractivity contribution < 1.29 is 14.3 Å². The molecule has 1 aliphatic carbocycles. The third-order valence-corrected chi connectivity index (χ3v) is 5.22. The quantitative estimate of drug-likeness (QED) is 0.664. The van der Waals surface area contributed by atoms with Gasteiger partial charge in [-0.3, -0.25) is 9.59 Å². The second-order valence-corrected chi connectivity index (χ2v) is 7.10. The molecule has 0 bridgehead atoms. The first-order valence-corrected chi connectivity index (χ1v) is 9.12. The van der Waals surface area contributed by atoms with Gasteiger partial charge in [0.25, 0.3) is 0 Å². The zero-order valence-electron chi connectivity index (χ0n) is 14.8. The molecule has 0 atom stereocenters. The largest absolute Gasteiger partial charge is 0.452 e. The maximum atomic E-state index is 12.6. The van der Waals surface area contributed by atoms with E-state index in [4.69, 9.17) is 4.42 Å². The Hall–Kier alpha value is -2.87. The molecule has 0 amide bonds. The molecule has 140 valence electrons. The number of rotatable bonds is 5. The lowest BCUT2D eigenvalue weighted by molar-refractivity contribution is -0.00471. The van der Waals surface area contributed by atoms with Crippen LogP contribution >= 0.6 is 0 Å². The number of fused-ring (bicyclic) bond motifs is 1. The molecule has 4 rings (SSSR count). The zero-order chi connectivity index (χ0) is 18.9. The number of H-pyrrole nitrogens is 1. The number of carbonyl (C=O) groups is 1. The van der Waals surface area contributed by atoms with E-state index in [0.717, 1.165) is 19.3 Å². The summed E-state index contributed by atoms with van der Waals surface area (Å²) in [5.41, 5.74) is -0.354. The third-order valence-electron chi connectivity index (χ3n) is 5.22. The second kappa shape index (κ2) is 7.03. The summed E-state index contributed by atoms with van der Waals surface area (Å²) in [5.74, 6) is -0.0244. The van der Waals surface area contributed by atoms with Crippen LogP contribution in [0.25, 0.3) is 22.4 Å². The molecule has 27 heavy (non-hydrogen) atoms. The van der Waals surface area contributed by atoms with Crippen LogP contribution in [0.4, 0.5) is 0 Å². The van der Waals surface area contributed by atoms with E-state index in [0.29, 0.717) is 30.2 Å². The minimum atomic E-state index is -0.791. The molecular formula is C19H20N4O4. The van der Waals surface area contributed by atoms with E-state index in [9.17, 15) is 14.7 Å². The van der Waals surface area contributed by atoms with Gasteiger partial charge in [-0.1, -0.05) is 25.3 Å². The van der Waals surface area contributed by atoms with E-state index in [2.05, 4.69) is 20.6 Å². The van der Waals surface area contributed by atoms with Gasteiger partial charge in [0, 0.05) is 12.5 Å². The monoisotopic (exact) mass is 368 g/mol. The molecule has 3 aromatic rings. The number of para-hydroxylation sites is 1. The van der Waals surface area contributed by atoms with Crippen molar-refractivity contribution in [2.45, 2.75) is 50.5 Å². The highest BCUT2D eigenvalue weighted by atomic mass is 16.3. The molecule has 8 heteroatoms. The van der Waals surface area contributed by atoms with Crippen molar-refractivity contribution in [1.82, 2.24) is 20.6 Å². The molecule has 0 saturated heterocycles. The van der Waals surface area contributed by atoms with Crippen molar-refractivity contribution >= 4 is 16.8 Å². The molecule has 2 N–H and O–H groups in total. The van der Waals surface area contributed by atoms with E-state index in [1.165, 1.54) is 6.07 Å². The Morgan fingerprint density at radius 3 is 2.81 bits per heavy atom. The van der Waals surface area contributed by atoms with E-state index in [1.54, 1.807) is 18.2 Å². The summed E-state index contributed by atoms with van der Waals surface area (Å²) >= 11 is 0. The number of aromatic nitrogens is 4. The number of tetrazole rings is 1. The lowest BCUT2D eigenvalue weighted by Gasteiger charge is -2.31. The van der Waals surface area contributed by atoms with E-state index < -0.39 is 5.60 Å². The average molecular weight is 368 g/mol.